The van der Waals surface area contributed by atoms with Gasteiger partial charge in [0.25, 0.3) is 5.91 Å². The molecule has 180 valence electrons. The lowest BCUT2D eigenvalue weighted by molar-refractivity contribution is 0.0342. The maximum Gasteiger partial charge on any atom is 0.250 e. The van der Waals surface area contributed by atoms with Crippen LogP contribution in [0.15, 0.2) is 42.6 Å². The van der Waals surface area contributed by atoms with E-state index in [1.165, 1.54) is 9.87 Å². The SMILES string of the molecule is NC(=O)c1cc(-c2ccc(CN3CCOCC3)cc2)cc2c(C3CCN(S(=O)[O-])CC3)c[nH]c12. The standard InChI is InChI=1S/C25H30N4O4S/c26-25(30)22-14-20(18-3-1-17(2-4-18)16-28-9-11-33-12-10-28)13-21-23(15-27-24(21)22)19-5-7-29(8-6-19)34(31)32/h1-4,13-15,19,27H,5-12,16H2,(H2,26,30)(H,31,32)/p-1. The van der Waals surface area contributed by atoms with Gasteiger partial charge in [0, 0.05) is 55.6 Å². The first-order valence-electron chi connectivity index (χ1n) is 11.7. The van der Waals surface area contributed by atoms with Crippen LogP contribution in [0.3, 0.4) is 0 Å². The van der Waals surface area contributed by atoms with Crippen LogP contribution in [-0.2, 0) is 22.5 Å². The molecule has 0 spiro atoms. The summed E-state index contributed by atoms with van der Waals surface area (Å²) in [5.41, 5.74) is 11.3. The van der Waals surface area contributed by atoms with Gasteiger partial charge in [-0.15, -0.1) is 0 Å². The number of piperidine rings is 1. The van der Waals surface area contributed by atoms with E-state index in [1.807, 2.05) is 12.3 Å². The van der Waals surface area contributed by atoms with Crippen molar-refractivity contribution >= 4 is 28.1 Å². The van der Waals surface area contributed by atoms with Gasteiger partial charge in [-0.1, -0.05) is 24.3 Å². The number of ether oxygens (including phenoxy) is 1. The minimum atomic E-state index is -2.18. The predicted octanol–water partition coefficient (Wildman–Crippen LogP) is 2.74. The summed E-state index contributed by atoms with van der Waals surface area (Å²) in [4.78, 5) is 17.9. The first kappa shape index (κ1) is 23.2. The van der Waals surface area contributed by atoms with Gasteiger partial charge >= 0.3 is 0 Å². The van der Waals surface area contributed by atoms with E-state index in [4.69, 9.17) is 10.5 Å². The Balaban J connectivity index is 1.44. The Bertz CT molecular complexity index is 1200. The first-order valence-corrected chi connectivity index (χ1v) is 12.7. The van der Waals surface area contributed by atoms with Crippen LogP contribution in [0.25, 0.3) is 22.0 Å². The number of hydrogen-bond donors (Lipinski definition) is 2. The largest absolute Gasteiger partial charge is 0.760 e. The van der Waals surface area contributed by atoms with Crippen LogP contribution >= 0.6 is 0 Å². The van der Waals surface area contributed by atoms with Gasteiger partial charge in [0.1, 0.15) is 0 Å². The van der Waals surface area contributed by atoms with Crippen LogP contribution in [0, 0.1) is 0 Å². The van der Waals surface area contributed by atoms with E-state index in [2.05, 4.69) is 40.2 Å². The van der Waals surface area contributed by atoms with Crippen molar-refractivity contribution in [2.75, 3.05) is 39.4 Å². The number of benzene rings is 2. The molecule has 2 aliphatic heterocycles. The molecule has 1 atom stereocenters. The van der Waals surface area contributed by atoms with Crippen molar-refractivity contribution in [3.63, 3.8) is 0 Å². The van der Waals surface area contributed by atoms with Crippen LogP contribution in [0.4, 0.5) is 0 Å². The monoisotopic (exact) mass is 481 g/mol. The van der Waals surface area contributed by atoms with Crippen LogP contribution in [0.5, 0.6) is 0 Å². The average molecular weight is 482 g/mol. The quantitative estimate of drug-likeness (QED) is 0.526. The molecule has 3 N–H and O–H groups in total. The average Bonchev–Trinajstić information content (AvgIpc) is 3.28. The van der Waals surface area contributed by atoms with E-state index in [0.29, 0.717) is 18.7 Å². The van der Waals surface area contributed by atoms with Gasteiger partial charge in [-0.2, -0.15) is 0 Å². The van der Waals surface area contributed by atoms with Gasteiger partial charge in [0.05, 0.1) is 24.3 Å². The van der Waals surface area contributed by atoms with Gasteiger partial charge in [-0.05, 0) is 53.1 Å². The lowest BCUT2D eigenvalue weighted by Gasteiger charge is -2.32. The fraction of sp³-hybridized carbons (Fsp3) is 0.400. The molecule has 0 aliphatic carbocycles. The molecule has 0 radical (unpaired) electrons. The normalized spacial score (nSPS) is 19.4. The second kappa shape index (κ2) is 9.97. The fourth-order valence-electron chi connectivity index (χ4n) is 5.09. The van der Waals surface area contributed by atoms with E-state index < -0.39 is 17.2 Å². The number of nitrogens with zero attached hydrogens (tertiary/aromatic N) is 2. The summed E-state index contributed by atoms with van der Waals surface area (Å²) in [7, 11) is 0. The number of H-pyrrole nitrogens is 1. The number of aromatic nitrogens is 1. The molecule has 1 amide bonds. The molecule has 1 aromatic heterocycles. The molecule has 2 aliphatic rings. The number of carbonyl (C=O) groups is 1. The van der Waals surface area contributed by atoms with Crippen LogP contribution in [-0.4, -0.2) is 68.3 Å². The molecule has 9 heteroatoms. The Morgan fingerprint density at radius 1 is 1.09 bits per heavy atom. The molecular formula is C25H29N4O4S-. The number of aromatic amines is 1. The van der Waals surface area contributed by atoms with Crippen molar-refractivity contribution in [3.8, 4) is 11.1 Å². The van der Waals surface area contributed by atoms with Gasteiger partial charge in [0.15, 0.2) is 0 Å². The summed E-state index contributed by atoms with van der Waals surface area (Å²) in [6.07, 6.45) is 3.43. The number of nitrogens with one attached hydrogen (secondary N) is 1. The molecule has 5 rings (SSSR count). The predicted molar refractivity (Wildman–Crippen MR) is 131 cm³/mol. The summed E-state index contributed by atoms with van der Waals surface area (Å²) >= 11 is -2.18. The molecule has 2 fully saturated rings. The number of fused-ring (bicyclic) bond motifs is 1. The van der Waals surface area contributed by atoms with Crippen LogP contribution in [0.1, 0.15) is 40.2 Å². The van der Waals surface area contributed by atoms with Gasteiger partial charge in [-0.3, -0.25) is 13.9 Å². The number of primary amides is 1. The zero-order chi connectivity index (χ0) is 23.7. The molecule has 1 unspecified atom stereocenters. The van der Waals surface area contributed by atoms with Crippen LogP contribution in [0.2, 0.25) is 0 Å². The summed E-state index contributed by atoms with van der Waals surface area (Å²) in [6, 6.07) is 12.4. The molecule has 0 saturated carbocycles. The number of amides is 1. The molecule has 34 heavy (non-hydrogen) atoms. The highest BCUT2D eigenvalue weighted by molar-refractivity contribution is 7.76. The molecule has 8 nitrogen and oxygen atoms in total. The lowest BCUT2D eigenvalue weighted by Crippen LogP contribution is -2.35. The zero-order valence-corrected chi connectivity index (χ0v) is 19.8. The molecule has 3 heterocycles. The third kappa shape index (κ3) is 4.80. The number of rotatable bonds is 6. The minimum Gasteiger partial charge on any atom is -0.760 e. The van der Waals surface area contributed by atoms with E-state index in [1.54, 1.807) is 0 Å². The Hall–Kier alpha value is -2.56. The van der Waals surface area contributed by atoms with Crippen LogP contribution < -0.4 is 5.73 Å². The van der Waals surface area contributed by atoms with Crippen molar-refractivity contribution in [2.24, 2.45) is 5.73 Å². The summed E-state index contributed by atoms with van der Waals surface area (Å²) in [6.45, 7) is 5.34. The van der Waals surface area contributed by atoms with Crippen molar-refractivity contribution in [2.45, 2.75) is 25.3 Å². The molecule has 0 bridgehead atoms. The molecule has 2 aromatic carbocycles. The number of morpholine rings is 1. The van der Waals surface area contributed by atoms with E-state index in [-0.39, 0.29) is 5.92 Å². The zero-order valence-electron chi connectivity index (χ0n) is 19.0. The van der Waals surface area contributed by atoms with E-state index in [0.717, 1.165) is 73.3 Å². The van der Waals surface area contributed by atoms with Crippen molar-refractivity contribution in [1.29, 1.82) is 0 Å². The maximum atomic E-state index is 12.3. The van der Waals surface area contributed by atoms with E-state index in [9.17, 15) is 13.6 Å². The smallest absolute Gasteiger partial charge is 0.250 e. The summed E-state index contributed by atoms with van der Waals surface area (Å²) < 4.78 is 29.4. The lowest BCUT2D eigenvalue weighted by atomic mass is 9.88. The Morgan fingerprint density at radius 3 is 2.44 bits per heavy atom. The Labute approximate surface area is 201 Å². The third-order valence-corrected chi connectivity index (χ3v) is 7.78. The highest BCUT2D eigenvalue weighted by atomic mass is 32.2. The van der Waals surface area contributed by atoms with Crippen molar-refractivity contribution in [1.82, 2.24) is 14.2 Å². The number of carbonyl (C=O) groups excluding carboxylic acids is 1. The summed E-state index contributed by atoms with van der Waals surface area (Å²) in [5.74, 6) is -0.249. The maximum absolute atomic E-state index is 12.3. The topological polar surface area (TPSA) is 115 Å². The van der Waals surface area contributed by atoms with Gasteiger partial charge < -0.3 is 20.0 Å². The molecular weight excluding hydrogens is 452 g/mol. The fourth-order valence-corrected chi connectivity index (χ4v) is 5.60. The van der Waals surface area contributed by atoms with E-state index >= 15 is 0 Å². The van der Waals surface area contributed by atoms with Gasteiger partial charge in [-0.25, -0.2) is 4.31 Å². The number of hydrogen-bond acceptors (Lipinski definition) is 5. The minimum absolute atomic E-state index is 0.223. The summed E-state index contributed by atoms with van der Waals surface area (Å²) in [5, 5.41) is 0.977. The molecule has 3 aromatic rings. The van der Waals surface area contributed by atoms with Gasteiger partial charge in [0.2, 0.25) is 0 Å². The number of nitrogens with two attached hydrogens (primary N) is 1. The van der Waals surface area contributed by atoms with Crippen molar-refractivity contribution < 1.29 is 18.3 Å². The highest BCUT2D eigenvalue weighted by Gasteiger charge is 2.25. The van der Waals surface area contributed by atoms with Crippen molar-refractivity contribution in [3.05, 3.63) is 59.3 Å². The highest BCUT2D eigenvalue weighted by Crippen LogP contribution is 2.37. The Morgan fingerprint density at radius 2 is 1.79 bits per heavy atom. The first-order chi connectivity index (χ1) is 16.5. The Kier molecular flexibility index (Phi) is 6.80. The second-order valence-corrected chi connectivity index (χ2v) is 10.0. The third-order valence-electron chi connectivity index (χ3n) is 6.99. The molecule has 2 saturated heterocycles. The second-order valence-electron chi connectivity index (χ2n) is 9.06.